The second kappa shape index (κ2) is 4.21. The minimum Gasteiger partial charge on any atom is -0.487 e. The second-order valence-corrected chi connectivity index (χ2v) is 5.77. The number of aromatic carboxylic acids is 1. The molecule has 4 nitrogen and oxygen atoms in total. The topological polar surface area (TPSA) is 66.8 Å². The van der Waals surface area contributed by atoms with E-state index in [4.69, 9.17) is 4.74 Å². The molecule has 2 aromatic rings. The molecule has 0 aliphatic carbocycles. The van der Waals surface area contributed by atoms with Crippen LogP contribution in [-0.2, 0) is 0 Å². The highest BCUT2D eigenvalue weighted by Gasteiger charge is 2.36. The average molecular weight is 272 g/mol. The number of ether oxygens (including phenoxy) is 1. The lowest BCUT2D eigenvalue weighted by Crippen LogP contribution is -2.35. The van der Waals surface area contributed by atoms with Crippen molar-refractivity contribution < 1.29 is 19.7 Å². The van der Waals surface area contributed by atoms with Crippen LogP contribution in [0.4, 0.5) is 0 Å². The number of benzene rings is 2. The number of carboxylic acids is 1. The van der Waals surface area contributed by atoms with E-state index in [1.165, 1.54) is 0 Å². The Morgan fingerprint density at radius 3 is 2.75 bits per heavy atom. The maximum atomic E-state index is 11.5. The van der Waals surface area contributed by atoms with Gasteiger partial charge in [-0.05, 0) is 25.3 Å². The van der Waals surface area contributed by atoms with E-state index in [1.807, 2.05) is 38.1 Å². The largest absolute Gasteiger partial charge is 0.487 e. The summed E-state index contributed by atoms with van der Waals surface area (Å²) >= 11 is 0. The predicted octanol–water partition coefficient (Wildman–Crippen LogP) is 3.13. The number of aliphatic hydroxyl groups is 1. The molecule has 0 bridgehead atoms. The predicted molar refractivity (Wildman–Crippen MR) is 75.2 cm³/mol. The first-order chi connectivity index (χ1) is 9.39. The Kier molecular flexibility index (Phi) is 2.73. The van der Waals surface area contributed by atoms with Crippen LogP contribution < -0.4 is 4.74 Å². The van der Waals surface area contributed by atoms with Gasteiger partial charge in [-0.25, -0.2) is 4.79 Å². The lowest BCUT2D eigenvalue weighted by Gasteiger charge is -2.36. The summed E-state index contributed by atoms with van der Waals surface area (Å²) in [5, 5.41) is 21.4. The monoisotopic (exact) mass is 272 g/mol. The third-order valence-corrected chi connectivity index (χ3v) is 3.67. The first-order valence-electron chi connectivity index (χ1n) is 6.55. The third-order valence-electron chi connectivity index (χ3n) is 3.67. The summed E-state index contributed by atoms with van der Waals surface area (Å²) in [5.74, 6) is -0.557. The molecule has 20 heavy (non-hydrogen) atoms. The molecule has 3 rings (SSSR count). The van der Waals surface area contributed by atoms with E-state index >= 15 is 0 Å². The van der Waals surface area contributed by atoms with Crippen LogP contribution in [0.5, 0.6) is 5.75 Å². The third kappa shape index (κ3) is 1.93. The van der Waals surface area contributed by atoms with Gasteiger partial charge in [0.1, 0.15) is 11.4 Å². The highest BCUT2D eigenvalue weighted by atomic mass is 16.5. The van der Waals surface area contributed by atoms with Crippen molar-refractivity contribution >= 4 is 16.7 Å². The van der Waals surface area contributed by atoms with Crippen molar-refractivity contribution in [3.8, 4) is 5.75 Å². The molecule has 0 aromatic heterocycles. The molecular weight excluding hydrogens is 256 g/mol. The first kappa shape index (κ1) is 12.9. The minimum absolute atomic E-state index is 0.113. The van der Waals surface area contributed by atoms with Crippen molar-refractivity contribution in [2.45, 2.75) is 32.0 Å². The van der Waals surface area contributed by atoms with Crippen molar-refractivity contribution in [2.24, 2.45) is 0 Å². The van der Waals surface area contributed by atoms with Gasteiger partial charge >= 0.3 is 5.97 Å². The standard InChI is InChI=1S/C16H16O4/c1-16(2)8-12(17)13-11(15(18)19)7-9-5-3-4-6-10(9)14(13)20-16/h3-7,12,17H,8H2,1-2H3,(H,18,19). The Hall–Kier alpha value is -2.07. The van der Waals surface area contributed by atoms with Gasteiger partial charge in [-0.15, -0.1) is 0 Å². The summed E-state index contributed by atoms with van der Waals surface area (Å²) in [6.07, 6.45) is -0.456. The molecule has 0 saturated carbocycles. The molecule has 1 aliphatic heterocycles. The SMILES string of the molecule is CC1(C)CC(O)c2c(C(=O)O)cc3ccccc3c2O1. The van der Waals surface area contributed by atoms with Crippen LogP contribution in [0.15, 0.2) is 30.3 Å². The average Bonchev–Trinajstić information content (AvgIpc) is 2.36. The van der Waals surface area contributed by atoms with Gasteiger partial charge in [0, 0.05) is 17.4 Å². The minimum atomic E-state index is -1.05. The fraction of sp³-hybridized carbons (Fsp3) is 0.312. The van der Waals surface area contributed by atoms with Gasteiger partial charge < -0.3 is 14.9 Å². The van der Waals surface area contributed by atoms with E-state index in [0.717, 1.165) is 10.8 Å². The molecule has 4 heteroatoms. The zero-order chi connectivity index (χ0) is 14.5. The first-order valence-corrected chi connectivity index (χ1v) is 6.55. The molecule has 1 atom stereocenters. The highest BCUT2D eigenvalue weighted by molar-refractivity contribution is 6.00. The quantitative estimate of drug-likeness (QED) is 0.837. The van der Waals surface area contributed by atoms with Crippen LogP contribution >= 0.6 is 0 Å². The molecule has 0 saturated heterocycles. The van der Waals surface area contributed by atoms with Crippen LogP contribution in [-0.4, -0.2) is 21.8 Å². The summed E-state index contributed by atoms with van der Waals surface area (Å²) in [4.78, 5) is 11.5. The molecule has 1 unspecified atom stereocenters. The normalized spacial score (nSPS) is 20.2. The lowest BCUT2D eigenvalue weighted by atomic mass is 9.87. The van der Waals surface area contributed by atoms with Gasteiger partial charge in [-0.3, -0.25) is 0 Å². The summed E-state index contributed by atoms with van der Waals surface area (Å²) in [6.45, 7) is 3.78. The zero-order valence-electron chi connectivity index (χ0n) is 11.4. The van der Waals surface area contributed by atoms with Crippen LogP contribution in [0.1, 0.15) is 42.3 Å². The van der Waals surface area contributed by atoms with E-state index in [2.05, 4.69) is 0 Å². The Labute approximate surface area is 116 Å². The van der Waals surface area contributed by atoms with Crippen molar-refractivity contribution in [3.63, 3.8) is 0 Å². The number of hydrogen-bond acceptors (Lipinski definition) is 3. The second-order valence-electron chi connectivity index (χ2n) is 5.77. The Balaban J connectivity index is 2.39. The van der Waals surface area contributed by atoms with Crippen LogP contribution in [0, 0.1) is 0 Å². The van der Waals surface area contributed by atoms with E-state index in [-0.39, 0.29) is 5.56 Å². The van der Waals surface area contributed by atoms with E-state index in [9.17, 15) is 15.0 Å². The smallest absolute Gasteiger partial charge is 0.336 e. The van der Waals surface area contributed by atoms with Crippen LogP contribution in [0.3, 0.4) is 0 Å². The number of aliphatic hydroxyl groups excluding tert-OH is 1. The van der Waals surface area contributed by atoms with Gasteiger partial charge in [0.05, 0.1) is 11.7 Å². The molecule has 104 valence electrons. The maximum Gasteiger partial charge on any atom is 0.336 e. The fourth-order valence-electron chi connectivity index (χ4n) is 2.83. The lowest BCUT2D eigenvalue weighted by molar-refractivity contribution is 0.0117. The maximum absolute atomic E-state index is 11.5. The van der Waals surface area contributed by atoms with Crippen LogP contribution in [0.2, 0.25) is 0 Å². The molecule has 0 amide bonds. The highest BCUT2D eigenvalue weighted by Crippen LogP contribution is 2.45. The van der Waals surface area contributed by atoms with Crippen molar-refractivity contribution in [3.05, 3.63) is 41.5 Å². The van der Waals surface area contributed by atoms with E-state index in [1.54, 1.807) is 6.07 Å². The van der Waals surface area contributed by atoms with Gasteiger partial charge in [-0.1, -0.05) is 24.3 Å². The Bertz CT molecular complexity index is 703. The molecule has 0 spiro atoms. The van der Waals surface area contributed by atoms with Crippen LogP contribution in [0.25, 0.3) is 10.8 Å². The molecule has 0 fully saturated rings. The van der Waals surface area contributed by atoms with Gasteiger partial charge in [-0.2, -0.15) is 0 Å². The van der Waals surface area contributed by atoms with Crippen molar-refractivity contribution in [1.82, 2.24) is 0 Å². The fourth-order valence-corrected chi connectivity index (χ4v) is 2.83. The van der Waals surface area contributed by atoms with Crippen molar-refractivity contribution in [1.29, 1.82) is 0 Å². The number of fused-ring (bicyclic) bond motifs is 3. The van der Waals surface area contributed by atoms with Gasteiger partial charge in [0.15, 0.2) is 0 Å². The number of carboxylic acid groups (broad SMARTS) is 1. The molecule has 0 radical (unpaired) electrons. The molecule has 1 aliphatic rings. The molecule has 1 heterocycles. The van der Waals surface area contributed by atoms with E-state index in [0.29, 0.717) is 17.7 Å². The molecule has 2 N–H and O–H groups in total. The summed E-state index contributed by atoms with van der Waals surface area (Å²) in [7, 11) is 0. The summed E-state index contributed by atoms with van der Waals surface area (Å²) < 4.78 is 5.97. The summed E-state index contributed by atoms with van der Waals surface area (Å²) in [5.41, 5.74) is -0.0241. The molecular formula is C16H16O4. The van der Waals surface area contributed by atoms with Crippen molar-refractivity contribution in [2.75, 3.05) is 0 Å². The van der Waals surface area contributed by atoms with Gasteiger partial charge in [0.25, 0.3) is 0 Å². The Morgan fingerprint density at radius 2 is 2.05 bits per heavy atom. The van der Waals surface area contributed by atoms with E-state index < -0.39 is 17.7 Å². The molecule has 2 aromatic carbocycles. The number of rotatable bonds is 1. The zero-order valence-corrected chi connectivity index (χ0v) is 11.4. The summed E-state index contributed by atoms with van der Waals surface area (Å²) in [6, 6.07) is 9.06. The Morgan fingerprint density at radius 1 is 1.35 bits per heavy atom. The van der Waals surface area contributed by atoms with Gasteiger partial charge in [0.2, 0.25) is 0 Å². The number of hydrogen-bond donors (Lipinski definition) is 2. The number of carbonyl (C=O) groups is 1.